The van der Waals surface area contributed by atoms with Crippen LogP contribution < -0.4 is 16.4 Å². The molecule has 1 atom stereocenters. The molecule has 20 heavy (non-hydrogen) atoms. The maximum atomic E-state index is 10.7. The van der Waals surface area contributed by atoms with E-state index in [1.807, 2.05) is 37.4 Å². The lowest BCUT2D eigenvalue weighted by Gasteiger charge is -2.14. The van der Waals surface area contributed by atoms with E-state index >= 15 is 0 Å². The lowest BCUT2D eigenvalue weighted by atomic mass is 10.1. The fourth-order valence-electron chi connectivity index (χ4n) is 1.94. The molecule has 2 rings (SSSR count). The summed E-state index contributed by atoms with van der Waals surface area (Å²) in [6, 6.07) is 7.22. The SMILES string of the molecule is Cc1ncc(CNC(C)c2ccc(NC(N)=O)cc2)[nH]1. The van der Waals surface area contributed by atoms with Gasteiger partial charge >= 0.3 is 6.03 Å². The molecule has 1 heterocycles. The molecular formula is C14H19N5O. The van der Waals surface area contributed by atoms with E-state index in [1.165, 1.54) is 0 Å². The minimum absolute atomic E-state index is 0.196. The molecule has 106 valence electrons. The lowest BCUT2D eigenvalue weighted by molar-refractivity contribution is 0.259. The number of imidazole rings is 1. The Bertz CT molecular complexity index is 576. The molecule has 1 unspecified atom stereocenters. The average Bonchev–Trinajstić information content (AvgIpc) is 2.82. The number of primary amides is 1. The van der Waals surface area contributed by atoms with Crippen LogP contribution in [0.15, 0.2) is 30.5 Å². The summed E-state index contributed by atoms with van der Waals surface area (Å²) in [7, 11) is 0. The Morgan fingerprint density at radius 3 is 2.65 bits per heavy atom. The van der Waals surface area contributed by atoms with Crippen LogP contribution in [0.1, 0.15) is 30.0 Å². The van der Waals surface area contributed by atoms with Gasteiger partial charge in [-0.3, -0.25) is 0 Å². The summed E-state index contributed by atoms with van der Waals surface area (Å²) in [5.74, 6) is 0.913. The molecule has 2 aromatic rings. The molecule has 0 aliphatic carbocycles. The van der Waals surface area contributed by atoms with E-state index in [-0.39, 0.29) is 6.04 Å². The van der Waals surface area contributed by atoms with Crippen molar-refractivity contribution in [3.63, 3.8) is 0 Å². The third-order valence-electron chi connectivity index (χ3n) is 3.03. The summed E-state index contributed by atoms with van der Waals surface area (Å²) in [5, 5.41) is 5.94. The zero-order valence-electron chi connectivity index (χ0n) is 11.6. The molecule has 0 aliphatic rings. The smallest absolute Gasteiger partial charge is 0.316 e. The Balaban J connectivity index is 1.91. The monoisotopic (exact) mass is 273 g/mol. The van der Waals surface area contributed by atoms with Gasteiger partial charge in [-0.25, -0.2) is 9.78 Å². The van der Waals surface area contributed by atoms with Gasteiger partial charge in [0.1, 0.15) is 5.82 Å². The number of aryl methyl sites for hydroxylation is 1. The first-order chi connectivity index (χ1) is 9.54. The zero-order valence-corrected chi connectivity index (χ0v) is 11.6. The highest BCUT2D eigenvalue weighted by Crippen LogP contribution is 2.16. The highest BCUT2D eigenvalue weighted by molar-refractivity contribution is 5.87. The largest absolute Gasteiger partial charge is 0.351 e. The van der Waals surface area contributed by atoms with E-state index in [0.717, 1.165) is 23.6 Å². The minimum Gasteiger partial charge on any atom is -0.351 e. The summed E-state index contributed by atoms with van der Waals surface area (Å²) in [5.41, 5.74) is 7.95. The van der Waals surface area contributed by atoms with Crippen LogP contribution in [0.5, 0.6) is 0 Å². The molecule has 0 bridgehead atoms. The maximum absolute atomic E-state index is 10.7. The van der Waals surface area contributed by atoms with E-state index in [2.05, 4.69) is 27.5 Å². The van der Waals surface area contributed by atoms with Gasteiger partial charge in [0, 0.05) is 30.2 Å². The number of nitrogens with two attached hydrogens (primary N) is 1. The summed E-state index contributed by atoms with van der Waals surface area (Å²) in [6.07, 6.45) is 1.83. The fraction of sp³-hybridized carbons (Fsp3) is 0.286. The van der Waals surface area contributed by atoms with Crippen molar-refractivity contribution in [2.24, 2.45) is 5.73 Å². The molecule has 1 aromatic heterocycles. The summed E-state index contributed by atoms with van der Waals surface area (Å²) >= 11 is 0. The fourth-order valence-corrected chi connectivity index (χ4v) is 1.94. The van der Waals surface area contributed by atoms with Crippen LogP contribution in [0.25, 0.3) is 0 Å². The number of nitrogens with one attached hydrogen (secondary N) is 3. The van der Waals surface area contributed by atoms with Gasteiger partial charge in [0.2, 0.25) is 0 Å². The molecular weight excluding hydrogens is 254 g/mol. The highest BCUT2D eigenvalue weighted by atomic mass is 16.2. The van der Waals surface area contributed by atoms with E-state index in [4.69, 9.17) is 5.73 Å². The van der Waals surface area contributed by atoms with Crippen LogP contribution in [-0.4, -0.2) is 16.0 Å². The number of rotatable bonds is 5. The second kappa shape index (κ2) is 6.21. The first kappa shape index (κ1) is 14.1. The highest BCUT2D eigenvalue weighted by Gasteiger charge is 2.06. The number of urea groups is 1. The molecule has 0 fully saturated rings. The molecule has 0 saturated heterocycles. The second-order valence-corrected chi connectivity index (χ2v) is 4.71. The van der Waals surface area contributed by atoms with Crippen molar-refractivity contribution in [3.05, 3.63) is 47.5 Å². The first-order valence-electron chi connectivity index (χ1n) is 6.45. The summed E-state index contributed by atoms with van der Waals surface area (Å²) in [6.45, 7) is 4.74. The van der Waals surface area contributed by atoms with Gasteiger partial charge in [0.05, 0.1) is 0 Å². The Labute approximate surface area is 117 Å². The van der Waals surface area contributed by atoms with Gasteiger partial charge in [-0.2, -0.15) is 0 Å². The number of nitrogens with zero attached hydrogens (tertiary/aromatic N) is 1. The lowest BCUT2D eigenvalue weighted by Crippen LogP contribution is -2.20. The number of aromatic amines is 1. The van der Waals surface area contributed by atoms with Crippen LogP contribution >= 0.6 is 0 Å². The molecule has 6 heteroatoms. The van der Waals surface area contributed by atoms with Crippen LogP contribution in [0.2, 0.25) is 0 Å². The maximum Gasteiger partial charge on any atom is 0.316 e. The second-order valence-electron chi connectivity index (χ2n) is 4.71. The predicted octanol–water partition coefficient (Wildman–Crippen LogP) is 2.06. The standard InChI is InChI=1S/C14H19N5O/c1-9(16-7-13-8-17-10(2)18-13)11-3-5-12(6-4-11)19-14(15)20/h3-6,8-9,16H,7H2,1-2H3,(H,17,18)(H3,15,19,20). The van der Waals surface area contributed by atoms with Crippen LogP contribution in [0.4, 0.5) is 10.5 Å². The van der Waals surface area contributed by atoms with Gasteiger partial charge in [-0.1, -0.05) is 12.1 Å². The van der Waals surface area contributed by atoms with Gasteiger partial charge < -0.3 is 21.4 Å². The van der Waals surface area contributed by atoms with Gasteiger partial charge in [-0.15, -0.1) is 0 Å². The third kappa shape index (κ3) is 3.83. The van der Waals surface area contributed by atoms with Crippen molar-refractivity contribution >= 4 is 11.7 Å². The number of hydrogen-bond donors (Lipinski definition) is 4. The molecule has 0 spiro atoms. The van der Waals surface area contributed by atoms with Gasteiger partial charge in [-0.05, 0) is 31.5 Å². The Kier molecular flexibility index (Phi) is 4.37. The van der Waals surface area contributed by atoms with Crippen molar-refractivity contribution < 1.29 is 4.79 Å². The number of amides is 2. The molecule has 1 aromatic carbocycles. The zero-order chi connectivity index (χ0) is 14.5. The number of carbonyl (C=O) groups excluding carboxylic acids is 1. The third-order valence-corrected chi connectivity index (χ3v) is 3.03. The number of carbonyl (C=O) groups is 1. The Hall–Kier alpha value is -2.34. The van der Waals surface area contributed by atoms with Gasteiger partial charge in [0.25, 0.3) is 0 Å². The predicted molar refractivity (Wildman–Crippen MR) is 78.2 cm³/mol. The molecule has 0 radical (unpaired) electrons. The van der Waals surface area contributed by atoms with E-state index in [9.17, 15) is 4.79 Å². The van der Waals surface area contributed by atoms with Gasteiger partial charge in [0.15, 0.2) is 0 Å². The number of anilines is 1. The van der Waals surface area contributed by atoms with Crippen molar-refractivity contribution in [2.75, 3.05) is 5.32 Å². The van der Waals surface area contributed by atoms with Crippen molar-refractivity contribution in [1.82, 2.24) is 15.3 Å². The Morgan fingerprint density at radius 1 is 1.40 bits per heavy atom. The van der Waals surface area contributed by atoms with Crippen molar-refractivity contribution in [1.29, 1.82) is 0 Å². The molecule has 2 amide bonds. The minimum atomic E-state index is -0.557. The van der Waals surface area contributed by atoms with E-state index < -0.39 is 6.03 Å². The first-order valence-corrected chi connectivity index (χ1v) is 6.45. The quantitative estimate of drug-likeness (QED) is 0.671. The number of hydrogen-bond acceptors (Lipinski definition) is 3. The topological polar surface area (TPSA) is 95.8 Å². The summed E-state index contributed by atoms with van der Waals surface area (Å²) < 4.78 is 0. The number of benzene rings is 1. The molecule has 5 N–H and O–H groups in total. The Morgan fingerprint density at radius 2 is 2.10 bits per heavy atom. The van der Waals surface area contributed by atoms with Crippen molar-refractivity contribution in [3.8, 4) is 0 Å². The number of H-pyrrole nitrogens is 1. The van der Waals surface area contributed by atoms with Crippen LogP contribution in [0, 0.1) is 6.92 Å². The summed E-state index contributed by atoms with van der Waals surface area (Å²) in [4.78, 5) is 18.1. The van der Waals surface area contributed by atoms with Crippen molar-refractivity contribution in [2.45, 2.75) is 26.4 Å². The van der Waals surface area contributed by atoms with Crippen LogP contribution in [0.3, 0.4) is 0 Å². The number of aromatic nitrogens is 2. The molecule has 0 saturated carbocycles. The average molecular weight is 273 g/mol. The van der Waals surface area contributed by atoms with E-state index in [0.29, 0.717) is 5.69 Å². The van der Waals surface area contributed by atoms with Crippen LogP contribution in [-0.2, 0) is 6.54 Å². The molecule has 6 nitrogen and oxygen atoms in total. The normalized spacial score (nSPS) is 12.1. The van der Waals surface area contributed by atoms with E-state index in [1.54, 1.807) is 0 Å². The molecule has 0 aliphatic heterocycles.